The zero-order chi connectivity index (χ0) is 7.68. The van der Waals surface area contributed by atoms with Gasteiger partial charge in [-0.05, 0) is 31.7 Å². The van der Waals surface area contributed by atoms with E-state index in [0.717, 1.165) is 19.4 Å². The number of nitrogens with zero attached hydrogens (tertiary/aromatic N) is 1. The highest BCUT2D eigenvalue weighted by atomic mass is 32.1. The van der Waals surface area contributed by atoms with Gasteiger partial charge in [-0.3, -0.25) is 0 Å². The fraction of sp³-hybridized carbons (Fsp3) is 0.625. The van der Waals surface area contributed by atoms with Gasteiger partial charge in [-0.15, -0.1) is 11.3 Å². The monoisotopic (exact) mass is 168 g/mol. The molecule has 2 rings (SSSR count). The summed E-state index contributed by atoms with van der Waals surface area (Å²) in [6.07, 6.45) is 3.53. The van der Waals surface area contributed by atoms with Crippen molar-refractivity contribution in [2.24, 2.45) is 11.7 Å². The van der Waals surface area contributed by atoms with Gasteiger partial charge in [0.15, 0.2) is 0 Å². The lowest BCUT2D eigenvalue weighted by molar-refractivity contribution is 0.470. The molecule has 0 saturated heterocycles. The quantitative estimate of drug-likeness (QED) is 0.684. The van der Waals surface area contributed by atoms with Crippen LogP contribution in [0.4, 0.5) is 0 Å². The van der Waals surface area contributed by atoms with E-state index in [-0.39, 0.29) is 0 Å². The molecule has 0 aliphatic heterocycles. The number of fused-ring (bicyclic) bond motifs is 1. The Labute approximate surface area is 70.5 Å². The summed E-state index contributed by atoms with van der Waals surface area (Å²) in [5.74, 6) is 0.711. The van der Waals surface area contributed by atoms with Crippen LogP contribution in [0.25, 0.3) is 0 Å². The van der Waals surface area contributed by atoms with Crippen LogP contribution in [0.15, 0.2) is 5.51 Å². The maximum absolute atomic E-state index is 5.61. The molecule has 0 spiro atoms. The number of thiazole rings is 1. The molecular weight excluding hydrogens is 156 g/mol. The molecule has 0 aromatic carbocycles. The Hall–Kier alpha value is -0.410. The predicted octanol–water partition coefficient (Wildman–Crippen LogP) is 1.21. The Morgan fingerprint density at radius 2 is 2.64 bits per heavy atom. The Balaban J connectivity index is 2.18. The minimum atomic E-state index is 0.711. The van der Waals surface area contributed by atoms with Gasteiger partial charge in [0.25, 0.3) is 0 Å². The second-order valence-corrected chi connectivity index (χ2v) is 4.01. The lowest BCUT2D eigenvalue weighted by Gasteiger charge is -2.18. The first-order chi connectivity index (χ1) is 5.40. The van der Waals surface area contributed by atoms with Crippen molar-refractivity contribution in [3.05, 3.63) is 16.1 Å². The van der Waals surface area contributed by atoms with Crippen LogP contribution in [0, 0.1) is 5.92 Å². The van der Waals surface area contributed by atoms with Crippen LogP contribution >= 0.6 is 11.3 Å². The highest BCUT2D eigenvalue weighted by molar-refractivity contribution is 7.09. The van der Waals surface area contributed by atoms with Crippen LogP contribution in [-0.2, 0) is 12.8 Å². The molecule has 0 amide bonds. The van der Waals surface area contributed by atoms with Gasteiger partial charge in [0.1, 0.15) is 0 Å². The van der Waals surface area contributed by atoms with Crippen molar-refractivity contribution in [2.45, 2.75) is 19.3 Å². The van der Waals surface area contributed by atoms with Crippen molar-refractivity contribution in [3.8, 4) is 0 Å². The summed E-state index contributed by atoms with van der Waals surface area (Å²) in [4.78, 5) is 5.77. The molecule has 2 nitrogen and oxygen atoms in total. The Kier molecular flexibility index (Phi) is 1.92. The first-order valence-corrected chi connectivity index (χ1v) is 4.89. The summed E-state index contributed by atoms with van der Waals surface area (Å²) in [7, 11) is 0. The molecule has 11 heavy (non-hydrogen) atoms. The summed E-state index contributed by atoms with van der Waals surface area (Å²) in [5, 5.41) is 0. The van der Waals surface area contributed by atoms with E-state index >= 15 is 0 Å². The van der Waals surface area contributed by atoms with Crippen LogP contribution in [0.2, 0.25) is 0 Å². The maximum Gasteiger partial charge on any atom is 0.0797 e. The SMILES string of the molecule is NCC1CCc2ncsc2C1. The summed E-state index contributed by atoms with van der Waals surface area (Å²) >= 11 is 1.78. The number of hydrogen-bond acceptors (Lipinski definition) is 3. The van der Waals surface area contributed by atoms with Gasteiger partial charge < -0.3 is 5.73 Å². The standard InChI is InChI=1S/C8H12N2S/c9-4-6-1-2-7-8(3-6)11-5-10-7/h5-6H,1-4,9H2. The van der Waals surface area contributed by atoms with E-state index in [1.165, 1.54) is 17.0 Å². The summed E-state index contributed by atoms with van der Waals surface area (Å²) in [6, 6.07) is 0. The highest BCUT2D eigenvalue weighted by Crippen LogP contribution is 2.26. The van der Waals surface area contributed by atoms with Crippen molar-refractivity contribution in [1.82, 2.24) is 4.98 Å². The van der Waals surface area contributed by atoms with Crippen LogP contribution in [-0.4, -0.2) is 11.5 Å². The minimum absolute atomic E-state index is 0.711. The number of rotatable bonds is 1. The van der Waals surface area contributed by atoms with Gasteiger partial charge >= 0.3 is 0 Å². The van der Waals surface area contributed by atoms with E-state index in [2.05, 4.69) is 4.98 Å². The van der Waals surface area contributed by atoms with Gasteiger partial charge in [0, 0.05) is 4.88 Å². The van der Waals surface area contributed by atoms with E-state index in [0.29, 0.717) is 5.92 Å². The summed E-state index contributed by atoms with van der Waals surface area (Å²) in [6.45, 7) is 0.831. The molecule has 0 fully saturated rings. The number of nitrogens with two attached hydrogens (primary N) is 1. The van der Waals surface area contributed by atoms with Crippen molar-refractivity contribution in [1.29, 1.82) is 0 Å². The van der Waals surface area contributed by atoms with Crippen molar-refractivity contribution in [2.75, 3.05) is 6.54 Å². The molecule has 0 bridgehead atoms. The second-order valence-electron chi connectivity index (χ2n) is 3.07. The third kappa shape index (κ3) is 1.30. The maximum atomic E-state index is 5.61. The smallest absolute Gasteiger partial charge is 0.0797 e. The van der Waals surface area contributed by atoms with Crippen LogP contribution in [0.3, 0.4) is 0 Å². The second kappa shape index (κ2) is 2.91. The molecule has 1 atom stereocenters. The number of hydrogen-bond donors (Lipinski definition) is 1. The molecule has 1 aliphatic rings. The highest BCUT2D eigenvalue weighted by Gasteiger charge is 2.18. The Bertz CT molecular complexity index is 244. The van der Waals surface area contributed by atoms with Gasteiger partial charge in [-0.25, -0.2) is 4.98 Å². The van der Waals surface area contributed by atoms with E-state index < -0.39 is 0 Å². The van der Waals surface area contributed by atoms with Gasteiger partial charge in [-0.2, -0.15) is 0 Å². The average Bonchev–Trinajstić information content (AvgIpc) is 2.50. The third-order valence-corrected chi connectivity index (χ3v) is 3.22. The number of aryl methyl sites for hydroxylation is 1. The summed E-state index contributed by atoms with van der Waals surface area (Å²) in [5.41, 5.74) is 8.88. The van der Waals surface area contributed by atoms with E-state index in [4.69, 9.17) is 5.73 Å². The van der Waals surface area contributed by atoms with Gasteiger partial charge in [0.2, 0.25) is 0 Å². The van der Waals surface area contributed by atoms with Crippen molar-refractivity contribution >= 4 is 11.3 Å². The topological polar surface area (TPSA) is 38.9 Å². The van der Waals surface area contributed by atoms with Crippen LogP contribution < -0.4 is 5.73 Å². The van der Waals surface area contributed by atoms with Crippen LogP contribution in [0.5, 0.6) is 0 Å². The normalized spacial score (nSPS) is 23.2. The molecule has 1 heterocycles. The largest absolute Gasteiger partial charge is 0.330 e. The molecular formula is C8H12N2S. The fourth-order valence-corrected chi connectivity index (χ4v) is 2.50. The van der Waals surface area contributed by atoms with Gasteiger partial charge in [0.05, 0.1) is 11.2 Å². The summed E-state index contributed by atoms with van der Waals surface area (Å²) < 4.78 is 0. The van der Waals surface area contributed by atoms with E-state index in [1.807, 2.05) is 5.51 Å². The molecule has 60 valence electrons. The molecule has 2 N–H and O–H groups in total. The molecule has 1 unspecified atom stereocenters. The van der Waals surface area contributed by atoms with Crippen molar-refractivity contribution in [3.63, 3.8) is 0 Å². The molecule has 1 aromatic rings. The molecule has 1 aromatic heterocycles. The predicted molar refractivity (Wildman–Crippen MR) is 46.7 cm³/mol. The first-order valence-electron chi connectivity index (χ1n) is 4.01. The van der Waals surface area contributed by atoms with E-state index in [1.54, 1.807) is 11.3 Å². The third-order valence-electron chi connectivity index (χ3n) is 2.32. The molecule has 1 aliphatic carbocycles. The van der Waals surface area contributed by atoms with Crippen LogP contribution in [0.1, 0.15) is 17.0 Å². The zero-order valence-electron chi connectivity index (χ0n) is 6.42. The van der Waals surface area contributed by atoms with E-state index in [9.17, 15) is 0 Å². The first kappa shape index (κ1) is 7.25. The fourth-order valence-electron chi connectivity index (χ4n) is 1.57. The molecule has 3 heteroatoms. The lowest BCUT2D eigenvalue weighted by Crippen LogP contribution is -2.21. The minimum Gasteiger partial charge on any atom is -0.330 e. The molecule has 0 saturated carbocycles. The average molecular weight is 168 g/mol. The molecule has 0 radical (unpaired) electrons. The lowest BCUT2D eigenvalue weighted by atomic mass is 9.91. The van der Waals surface area contributed by atoms with Gasteiger partial charge in [-0.1, -0.05) is 0 Å². The zero-order valence-corrected chi connectivity index (χ0v) is 7.23. The Morgan fingerprint density at radius 1 is 1.73 bits per heavy atom. The number of aromatic nitrogens is 1. The Morgan fingerprint density at radius 3 is 3.45 bits per heavy atom. The van der Waals surface area contributed by atoms with Crippen molar-refractivity contribution < 1.29 is 0 Å².